The zero-order valence-electron chi connectivity index (χ0n) is 23.3. The first-order valence-electron chi connectivity index (χ1n) is 13.4. The van der Waals surface area contributed by atoms with Gasteiger partial charge >= 0.3 is 6.09 Å². The van der Waals surface area contributed by atoms with Crippen LogP contribution in [0.5, 0.6) is 5.75 Å². The van der Waals surface area contributed by atoms with Gasteiger partial charge in [-0.25, -0.2) is 14.8 Å². The summed E-state index contributed by atoms with van der Waals surface area (Å²) in [4.78, 5) is 25.7. The zero-order chi connectivity index (χ0) is 28.0. The van der Waals surface area contributed by atoms with E-state index < -0.39 is 5.60 Å². The molecule has 208 valence electrons. The van der Waals surface area contributed by atoms with Crippen molar-refractivity contribution in [3.8, 4) is 5.75 Å². The Hall–Kier alpha value is -4.05. The van der Waals surface area contributed by atoms with Gasteiger partial charge in [-0.05, 0) is 68.2 Å². The van der Waals surface area contributed by atoms with E-state index in [0.29, 0.717) is 42.4 Å². The second kappa shape index (κ2) is 12.2. The number of amides is 1. The van der Waals surface area contributed by atoms with E-state index in [4.69, 9.17) is 20.1 Å². The van der Waals surface area contributed by atoms with Crippen molar-refractivity contribution in [2.24, 2.45) is 5.11 Å². The van der Waals surface area contributed by atoms with E-state index in [0.717, 1.165) is 43.5 Å². The van der Waals surface area contributed by atoms with Gasteiger partial charge in [0, 0.05) is 30.1 Å². The molecular formula is C27H37N9O3. The van der Waals surface area contributed by atoms with Crippen LogP contribution in [0.4, 0.5) is 16.6 Å². The first-order valence-corrected chi connectivity index (χ1v) is 13.4. The van der Waals surface area contributed by atoms with E-state index in [1.807, 2.05) is 27.0 Å². The molecule has 1 aromatic carbocycles. The highest BCUT2D eigenvalue weighted by Crippen LogP contribution is 2.33. The summed E-state index contributed by atoms with van der Waals surface area (Å²) in [5, 5.41) is 11.6. The minimum atomic E-state index is -0.496. The third kappa shape index (κ3) is 7.08. The van der Waals surface area contributed by atoms with Crippen LogP contribution in [0.1, 0.15) is 70.4 Å². The van der Waals surface area contributed by atoms with Crippen molar-refractivity contribution in [3.05, 3.63) is 46.0 Å². The van der Waals surface area contributed by atoms with Crippen molar-refractivity contribution < 1.29 is 14.3 Å². The summed E-state index contributed by atoms with van der Waals surface area (Å²) in [6, 6.07) is 6.29. The van der Waals surface area contributed by atoms with E-state index in [1.165, 1.54) is 5.56 Å². The fourth-order valence-electron chi connectivity index (χ4n) is 4.66. The van der Waals surface area contributed by atoms with Gasteiger partial charge < -0.3 is 19.7 Å². The van der Waals surface area contributed by atoms with Gasteiger partial charge in [-0.3, -0.25) is 4.68 Å². The highest BCUT2D eigenvalue weighted by Gasteiger charge is 2.28. The van der Waals surface area contributed by atoms with Crippen LogP contribution in [-0.4, -0.2) is 63.1 Å². The van der Waals surface area contributed by atoms with Crippen LogP contribution in [0.3, 0.4) is 0 Å². The average molecular weight is 536 g/mol. The number of nitrogens with one attached hydrogen (secondary N) is 1. The lowest BCUT2D eigenvalue weighted by Crippen LogP contribution is -2.41. The molecule has 0 unspecified atom stereocenters. The van der Waals surface area contributed by atoms with E-state index in [9.17, 15) is 4.79 Å². The van der Waals surface area contributed by atoms with Gasteiger partial charge in [0.2, 0.25) is 5.95 Å². The van der Waals surface area contributed by atoms with Crippen LogP contribution in [0, 0.1) is 0 Å². The Kier molecular flexibility index (Phi) is 8.75. The summed E-state index contributed by atoms with van der Waals surface area (Å²) in [6.07, 6.45) is 5.32. The number of hydrogen-bond acceptors (Lipinski definition) is 8. The summed E-state index contributed by atoms with van der Waals surface area (Å²) in [7, 11) is 1.67. The predicted octanol–water partition coefficient (Wildman–Crippen LogP) is 6.15. The standard InChI is InChI=1S/C27H37N9O3/c1-6-7-12-29-24-23-21(30-25(31-24)32-34-28)17-36(33-23)16-20-9-8-19(15-22(20)38-5)18-10-13-35(14-11-18)26(37)39-27(2,3)4/h8-9,15,17-18H,6-7,10-14,16H2,1-5H3,(H,29,30,31). The highest BCUT2D eigenvalue weighted by atomic mass is 16.6. The van der Waals surface area contributed by atoms with E-state index in [1.54, 1.807) is 16.7 Å². The number of methoxy groups -OCH3 is 1. The van der Waals surface area contributed by atoms with Crippen molar-refractivity contribution in [3.63, 3.8) is 0 Å². The van der Waals surface area contributed by atoms with Crippen molar-refractivity contribution in [2.45, 2.75) is 71.4 Å². The Morgan fingerprint density at radius 1 is 1.26 bits per heavy atom. The lowest BCUT2D eigenvalue weighted by molar-refractivity contribution is 0.0205. The lowest BCUT2D eigenvalue weighted by atomic mass is 9.89. The molecule has 3 heterocycles. The average Bonchev–Trinajstić information content (AvgIpc) is 3.31. The number of fused-ring (bicyclic) bond motifs is 1. The highest BCUT2D eigenvalue weighted by molar-refractivity contribution is 5.85. The smallest absolute Gasteiger partial charge is 0.410 e. The van der Waals surface area contributed by atoms with Gasteiger partial charge in [-0.15, -0.1) is 0 Å². The molecule has 1 saturated heterocycles. The number of anilines is 1. The van der Waals surface area contributed by atoms with Gasteiger partial charge in [0.15, 0.2) is 11.3 Å². The molecule has 0 spiro atoms. The Morgan fingerprint density at radius 2 is 2.03 bits per heavy atom. The largest absolute Gasteiger partial charge is 0.496 e. The number of ether oxygens (including phenoxy) is 2. The molecule has 1 aliphatic heterocycles. The summed E-state index contributed by atoms with van der Waals surface area (Å²) in [5.41, 5.74) is 11.7. The molecule has 4 rings (SSSR count). The molecule has 12 nitrogen and oxygen atoms in total. The normalized spacial score (nSPS) is 14.2. The number of nitrogens with zero attached hydrogens (tertiary/aromatic N) is 8. The Balaban J connectivity index is 1.49. The number of hydrogen-bond donors (Lipinski definition) is 1. The van der Waals surface area contributed by atoms with Gasteiger partial charge in [0.05, 0.1) is 19.9 Å². The summed E-state index contributed by atoms with van der Waals surface area (Å²) in [6.45, 7) is 10.3. The third-order valence-corrected chi connectivity index (χ3v) is 6.62. The van der Waals surface area contributed by atoms with Gasteiger partial charge in [0.25, 0.3) is 0 Å². The lowest BCUT2D eigenvalue weighted by Gasteiger charge is -2.33. The monoisotopic (exact) mass is 535 g/mol. The number of carbonyl (C=O) groups excluding carboxylic acids is 1. The maximum absolute atomic E-state index is 12.4. The molecule has 0 radical (unpaired) electrons. The Morgan fingerprint density at radius 3 is 2.69 bits per heavy atom. The maximum atomic E-state index is 12.4. The molecule has 1 amide bonds. The molecule has 3 aromatic rings. The number of benzene rings is 1. The van der Waals surface area contributed by atoms with Crippen LogP contribution < -0.4 is 10.1 Å². The van der Waals surface area contributed by atoms with Crippen molar-refractivity contribution >= 4 is 28.9 Å². The fraction of sp³-hybridized carbons (Fsp3) is 0.556. The SMILES string of the molecule is CCCCNc1nc(N=[N+]=[N-])nc2cn(Cc3ccc(C4CCN(C(=O)OC(C)(C)C)CC4)cc3OC)nc12. The van der Waals surface area contributed by atoms with Gasteiger partial charge in [0.1, 0.15) is 16.9 Å². The molecule has 12 heteroatoms. The number of azide groups is 1. The summed E-state index contributed by atoms with van der Waals surface area (Å²) in [5.74, 6) is 1.73. The fourth-order valence-corrected chi connectivity index (χ4v) is 4.66. The Bertz CT molecular complexity index is 1350. The molecule has 2 aromatic heterocycles. The number of likely N-dealkylation sites (tertiary alicyclic amines) is 1. The molecule has 1 fully saturated rings. The topological polar surface area (TPSA) is 143 Å². The number of carbonyl (C=O) groups is 1. The van der Waals surface area contributed by atoms with Gasteiger partial charge in [-0.2, -0.15) is 5.10 Å². The molecule has 0 saturated carbocycles. The quantitative estimate of drug-likeness (QED) is 0.150. The zero-order valence-corrected chi connectivity index (χ0v) is 23.3. The first-order chi connectivity index (χ1) is 18.7. The van der Waals surface area contributed by atoms with Crippen molar-refractivity contribution in [1.82, 2.24) is 24.6 Å². The van der Waals surface area contributed by atoms with Crippen LogP contribution in [0.2, 0.25) is 0 Å². The van der Waals surface area contributed by atoms with Gasteiger partial charge in [-0.1, -0.05) is 25.5 Å². The molecule has 1 N–H and O–H groups in total. The van der Waals surface area contributed by atoms with Crippen LogP contribution >= 0.6 is 0 Å². The molecule has 0 aliphatic carbocycles. The Labute approximate surface area is 228 Å². The first kappa shape index (κ1) is 28.0. The van der Waals surface area contributed by atoms with E-state index in [2.05, 4.69) is 50.4 Å². The molecular weight excluding hydrogens is 498 g/mol. The number of rotatable bonds is 9. The number of piperidine rings is 1. The third-order valence-electron chi connectivity index (χ3n) is 6.62. The van der Waals surface area contributed by atoms with Crippen LogP contribution in [0.15, 0.2) is 29.5 Å². The van der Waals surface area contributed by atoms with Crippen LogP contribution in [-0.2, 0) is 11.3 Å². The van der Waals surface area contributed by atoms with Crippen molar-refractivity contribution in [1.29, 1.82) is 0 Å². The molecule has 0 atom stereocenters. The van der Waals surface area contributed by atoms with E-state index >= 15 is 0 Å². The number of aromatic nitrogens is 4. The van der Waals surface area contributed by atoms with Crippen molar-refractivity contribution in [2.75, 3.05) is 32.1 Å². The molecule has 1 aliphatic rings. The van der Waals surface area contributed by atoms with E-state index in [-0.39, 0.29) is 12.0 Å². The number of unbranched alkanes of at least 4 members (excludes halogenated alkanes) is 1. The molecule has 39 heavy (non-hydrogen) atoms. The summed E-state index contributed by atoms with van der Waals surface area (Å²) < 4.78 is 13.1. The minimum absolute atomic E-state index is 0.0585. The molecule has 0 bridgehead atoms. The summed E-state index contributed by atoms with van der Waals surface area (Å²) >= 11 is 0. The second-order valence-corrected chi connectivity index (χ2v) is 10.7. The maximum Gasteiger partial charge on any atom is 0.410 e. The predicted molar refractivity (Wildman–Crippen MR) is 149 cm³/mol. The second-order valence-electron chi connectivity index (χ2n) is 10.7. The minimum Gasteiger partial charge on any atom is -0.496 e. The van der Waals surface area contributed by atoms with Crippen LogP contribution in [0.25, 0.3) is 21.5 Å².